The molecule has 1 aromatic carbocycles. The summed E-state index contributed by atoms with van der Waals surface area (Å²) in [6.07, 6.45) is 5.39. The predicted molar refractivity (Wildman–Crippen MR) is 98.4 cm³/mol. The number of hydrogen-bond acceptors (Lipinski definition) is 4. The molecule has 0 atom stereocenters. The van der Waals surface area contributed by atoms with E-state index >= 15 is 0 Å². The molecule has 2 aromatic rings. The molecule has 0 bridgehead atoms. The van der Waals surface area contributed by atoms with Crippen molar-refractivity contribution < 1.29 is 9.59 Å². The van der Waals surface area contributed by atoms with Gasteiger partial charge >= 0.3 is 6.03 Å². The van der Waals surface area contributed by atoms with Crippen LogP contribution in [0.5, 0.6) is 0 Å². The zero-order chi connectivity index (χ0) is 17.4. The summed E-state index contributed by atoms with van der Waals surface area (Å²) >= 11 is 4.68. The van der Waals surface area contributed by atoms with Gasteiger partial charge in [-0.3, -0.25) is 14.7 Å². The largest absolute Gasteiger partial charge is 0.338 e. The molecule has 2 N–H and O–H groups in total. The van der Waals surface area contributed by atoms with Crippen molar-refractivity contribution >= 4 is 39.6 Å². The van der Waals surface area contributed by atoms with Gasteiger partial charge in [0.15, 0.2) is 5.16 Å². The summed E-state index contributed by atoms with van der Waals surface area (Å²) in [5.74, 6) is -0.228. The van der Waals surface area contributed by atoms with Gasteiger partial charge in [0.05, 0.1) is 5.75 Å². The van der Waals surface area contributed by atoms with Gasteiger partial charge in [0.2, 0.25) is 5.91 Å². The van der Waals surface area contributed by atoms with Crippen LogP contribution in [0.2, 0.25) is 0 Å². The van der Waals surface area contributed by atoms with Gasteiger partial charge in [-0.25, -0.2) is 9.78 Å². The second kappa shape index (κ2) is 9.48. The fraction of sp³-hybridized carbons (Fsp3) is 0.312. The number of unbranched alkanes of at least 4 members (excludes halogenated alkanes) is 1. The number of halogens is 1. The number of aromatic nitrogens is 2. The van der Waals surface area contributed by atoms with Crippen LogP contribution in [0.25, 0.3) is 5.69 Å². The van der Waals surface area contributed by atoms with E-state index in [0.717, 1.165) is 23.0 Å². The summed E-state index contributed by atoms with van der Waals surface area (Å²) in [6.45, 7) is 2.60. The van der Waals surface area contributed by atoms with Crippen molar-refractivity contribution in [2.45, 2.75) is 24.9 Å². The number of thioether (sulfide) groups is 1. The molecule has 3 amide bonds. The van der Waals surface area contributed by atoms with Crippen molar-refractivity contribution in [2.24, 2.45) is 0 Å². The molecule has 0 aliphatic rings. The highest BCUT2D eigenvalue weighted by molar-refractivity contribution is 9.10. The number of imidazole rings is 1. The molecule has 1 aromatic heterocycles. The fourth-order valence-corrected chi connectivity index (χ4v) is 2.95. The summed E-state index contributed by atoms with van der Waals surface area (Å²) in [5.41, 5.74) is 0.955. The maximum atomic E-state index is 11.8. The van der Waals surface area contributed by atoms with Crippen LogP contribution in [0, 0.1) is 0 Å². The standard InChI is InChI=1S/C16H19BrN4O2S/c1-2-3-8-18-15(23)20-14(22)11-24-16-19-9-10-21(16)13-6-4-12(17)5-7-13/h4-7,9-10H,2-3,8,11H2,1H3,(H2,18,20,22,23). The van der Waals surface area contributed by atoms with Gasteiger partial charge in [-0.05, 0) is 30.7 Å². The van der Waals surface area contributed by atoms with Crippen molar-refractivity contribution in [3.63, 3.8) is 0 Å². The molecule has 0 unspecified atom stereocenters. The normalized spacial score (nSPS) is 10.4. The molecule has 128 valence electrons. The average molecular weight is 411 g/mol. The number of amides is 3. The van der Waals surface area contributed by atoms with Crippen LogP contribution in [0.1, 0.15) is 19.8 Å². The van der Waals surface area contributed by atoms with E-state index in [0.29, 0.717) is 11.7 Å². The number of hydrogen-bond donors (Lipinski definition) is 2. The quantitative estimate of drug-likeness (QED) is 0.541. The summed E-state index contributed by atoms with van der Waals surface area (Å²) < 4.78 is 2.89. The minimum absolute atomic E-state index is 0.120. The summed E-state index contributed by atoms with van der Waals surface area (Å²) in [4.78, 5) is 27.6. The van der Waals surface area contributed by atoms with Gasteiger partial charge < -0.3 is 5.32 Å². The van der Waals surface area contributed by atoms with E-state index in [-0.39, 0.29) is 11.7 Å². The van der Waals surface area contributed by atoms with Crippen LogP contribution >= 0.6 is 27.7 Å². The third kappa shape index (κ3) is 5.68. The van der Waals surface area contributed by atoms with Crippen molar-refractivity contribution in [3.05, 3.63) is 41.1 Å². The van der Waals surface area contributed by atoms with Crippen LogP contribution in [0.15, 0.2) is 46.3 Å². The summed E-state index contributed by atoms with van der Waals surface area (Å²) in [7, 11) is 0. The van der Waals surface area contributed by atoms with Gasteiger partial charge in [0, 0.05) is 29.1 Å². The molecule has 0 aliphatic heterocycles. The third-order valence-electron chi connectivity index (χ3n) is 3.11. The molecule has 24 heavy (non-hydrogen) atoms. The number of nitrogens with zero attached hydrogens (tertiary/aromatic N) is 2. The minimum atomic E-state index is -0.453. The molecule has 0 saturated carbocycles. The lowest BCUT2D eigenvalue weighted by Crippen LogP contribution is -2.40. The highest BCUT2D eigenvalue weighted by Gasteiger charge is 2.11. The van der Waals surface area contributed by atoms with Crippen LogP contribution in [0.3, 0.4) is 0 Å². The molecule has 1 heterocycles. The van der Waals surface area contributed by atoms with Gasteiger partial charge in [-0.2, -0.15) is 0 Å². The zero-order valence-corrected chi connectivity index (χ0v) is 15.7. The summed E-state index contributed by atoms with van der Waals surface area (Å²) in [6, 6.07) is 7.34. The Bertz CT molecular complexity index is 688. The van der Waals surface area contributed by atoms with E-state index in [9.17, 15) is 9.59 Å². The van der Waals surface area contributed by atoms with Gasteiger partial charge in [0.25, 0.3) is 0 Å². The molecule has 6 nitrogen and oxygen atoms in total. The Morgan fingerprint density at radius 3 is 2.75 bits per heavy atom. The highest BCUT2D eigenvalue weighted by Crippen LogP contribution is 2.21. The van der Waals surface area contributed by atoms with Crippen LogP contribution in [-0.2, 0) is 4.79 Å². The molecule has 0 fully saturated rings. The molecular weight excluding hydrogens is 392 g/mol. The molecule has 2 rings (SSSR count). The van der Waals surface area contributed by atoms with E-state index in [1.807, 2.05) is 42.0 Å². The molecule has 8 heteroatoms. The molecule has 0 aliphatic carbocycles. The first-order valence-electron chi connectivity index (χ1n) is 7.60. The number of nitrogens with one attached hydrogen (secondary N) is 2. The second-order valence-corrected chi connectivity index (χ2v) is 6.86. The molecule has 0 radical (unpaired) electrons. The first-order chi connectivity index (χ1) is 11.6. The molecule has 0 saturated heterocycles. The first kappa shape index (κ1) is 18.5. The Hall–Kier alpha value is -1.80. The van der Waals surface area contributed by atoms with E-state index in [4.69, 9.17) is 0 Å². The van der Waals surface area contributed by atoms with E-state index < -0.39 is 6.03 Å². The fourth-order valence-electron chi connectivity index (χ4n) is 1.91. The van der Waals surface area contributed by atoms with Crippen molar-refractivity contribution in [1.82, 2.24) is 20.2 Å². The van der Waals surface area contributed by atoms with Gasteiger partial charge in [-0.15, -0.1) is 0 Å². The predicted octanol–water partition coefficient (Wildman–Crippen LogP) is 3.35. The lowest BCUT2D eigenvalue weighted by Gasteiger charge is -2.08. The Labute approximate surface area is 153 Å². The second-order valence-electron chi connectivity index (χ2n) is 5.00. The maximum absolute atomic E-state index is 11.8. The van der Waals surface area contributed by atoms with Gasteiger partial charge in [-0.1, -0.05) is 41.0 Å². The van der Waals surface area contributed by atoms with Crippen molar-refractivity contribution in [3.8, 4) is 5.69 Å². The Morgan fingerprint density at radius 2 is 2.04 bits per heavy atom. The Kier molecular flexibility index (Phi) is 7.33. The number of urea groups is 1. The van der Waals surface area contributed by atoms with E-state index in [1.54, 1.807) is 6.20 Å². The van der Waals surface area contributed by atoms with Crippen LogP contribution in [-0.4, -0.2) is 33.8 Å². The number of carbonyl (C=O) groups is 2. The number of benzene rings is 1. The first-order valence-corrected chi connectivity index (χ1v) is 9.37. The minimum Gasteiger partial charge on any atom is -0.338 e. The number of rotatable bonds is 7. The van der Waals surface area contributed by atoms with Crippen LogP contribution in [0.4, 0.5) is 4.79 Å². The molecular formula is C16H19BrN4O2S. The average Bonchev–Trinajstić information content (AvgIpc) is 3.02. The number of imide groups is 1. The van der Waals surface area contributed by atoms with E-state index in [2.05, 4.69) is 31.5 Å². The van der Waals surface area contributed by atoms with E-state index in [1.165, 1.54) is 11.8 Å². The highest BCUT2D eigenvalue weighted by atomic mass is 79.9. The lowest BCUT2D eigenvalue weighted by molar-refractivity contribution is -0.117. The SMILES string of the molecule is CCCCNC(=O)NC(=O)CSc1nccn1-c1ccc(Br)cc1. The maximum Gasteiger partial charge on any atom is 0.321 e. The molecule has 0 spiro atoms. The topological polar surface area (TPSA) is 76.0 Å². The van der Waals surface area contributed by atoms with Gasteiger partial charge in [0.1, 0.15) is 0 Å². The third-order valence-corrected chi connectivity index (χ3v) is 4.61. The monoisotopic (exact) mass is 410 g/mol. The smallest absolute Gasteiger partial charge is 0.321 e. The summed E-state index contributed by atoms with van der Waals surface area (Å²) in [5, 5.41) is 5.65. The van der Waals surface area contributed by atoms with Crippen molar-refractivity contribution in [1.29, 1.82) is 0 Å². The number of carbonyl (C=O) groups excluding carboxylic acids is 2. The Morgan fingerprint density at radius 1 is 1.29 bits per heavy atom. The zero-order valence-electron chi connectivity index (χ0n) is 13.3. The van der Waals surface area contributed by atoms with Crippen molar-refractivity contribution in [2.75, 3.05) is 12.3 Å². The lowest BCUT2D eigenvalue weighted by atomic mass is 10.3. The van der Waals surface area contributed by atoms with Crippen LogP contribution < -0.4 is 10.6 Å². The Balaban J connectivity index is 1.86.